The molecule has 1 amide bonds. The Labute approximate surface area is 126 Å². The van der Waals surface area contributed by atoms with E-state index in [-0.39, 0.29) is 23.0 Å². The van der Waals surface area contributed by atoms with E-state index in [1.807, 2.05) is 0 Å². The summed E-state index contributed by atoms with van der Waals surface area (Å²) in [6.07, 6.45) is 0.859. The summed E-state index contributed by atoms with van der Waals surface area (Å²) in [6.45, 7) is 1.82. The Morgan fingerprint density at radius 3 is 2.62 bits per heavy atom. The molecule has 0 aliphatic heterocycles. The third kappa shape index (κ3) is 4.16. The Balaban J connectivity index is 3.06. The molecule has 1 aromatic heterocycles. The zero-order valence-electron chi connectivity index (χ0n) is 11.9. The highest BCUT2D eigenvalue weighted by atomic mass is 35.5. The fourth-order valence-electron chi connectivity index (χ4n) is 1.60. The molecule has 0 N–H and O–H groups in total. The van der Waals surface area contributed by atoms with Crippen LogP contribution in [0.4, 0.5) is 5.69 Å². The molecule has 0 aliphatic rings. The number of methoxy groups -OCH3 is 1. The Kier molecular flexibility index (Phi) is 6.10. The number of anilines is 1. The molecule has 8 heteroatoms. The minimum Gasteiger partial charge on any atom is -0.466 e. The molecule has 0 saturated carbocycles. The summed E-state index contributed by atoms with van der Waals surface area (Å²) in [6, 6.07) is 1.38. The van der Waals surface area contributed by atoms with Gasteiger partial charge in [-0.1, -0.05) is 11.6 Å². The highest BCUT2D eigenvalue weighted by Gasteiger charge is 2.24. The lowest BCUT2D eigenvalue weighted by atomic mass is 10.2. The van der Waals surface area contributed by atoms with Gasteiger partial charge >= 0.3 is 11.9 Å². The molecule has 1 aromatic rings. The zero-order chi connectivity index (χ0) is 16.0. The Hall–Kier alpha value is -2.15. The van der Waals surface area contributed by atoms with Crippen molar-refractivity contribution < 1.29 is 23.9 Å². The van der Waals surface area contributed by atoms with Gasteiger partial charge in [-0.05, 0) is 13.0 Å². The second-order valence-electron chi connectivity index (χ2n) is 3.92. The molecule has 21 heavy (non-hydrogen) atoms. The van der Waals surface area contributed by atoms with Gasteiger partial charge in [0.15, 0.2) is 5.15 Å². The summed E-state index contributed by atoms with van der Waals surface area (Å²) < 4.78 is 9.33. The zero-order valence-corrected chi connectivity index (χ0v) is 12.6. The first-order valence-electron chi connectivity index (χ1n) is 6.07. The van der Waals surface area contributed by atoms with Gasteiger partial charge in [0.1, 0.15) is 6.42 Å². The van der Waals surface area contributed by atoms with Crippen LogP contribution in [0, 0.1) is 0 Å². The van der Waals surface area contributed by atoms with Crippen LogP contribution < -0.4 is 4.90 Å². The number of rotatable bonds is 5. The monoisotopic (exact) mass is 314 g/mol. The van der Waals surface area contributed by atoms with Crippen LogP contribution in [-0.4, -0.2) is 43.6 Å². The van der Waals surface area contributed by atoms with Gasteiger partial charge in [0, 0.05) is 13.2 Å². The van der Waals surface area contributed by atoms with E-state index in [0.717, 1.165) is 4.90 Å². The molecule has 0 radical (unpaired) electrons. The van der Waals surface area contributed by atoms with Crippen LogP contribution in [0.2, 0.25) is 5.15 Å². The van der Waals surface area contributed by atoms with Crippen LogP contribution in [0.3, 0.4) is 0 Å². The van der Waals surface area contributed by atoms with E-state index >= 15 is 0 Å². The first kappa shape index (κ1) is 16.9. The number of nitrogens with zero attached hydrogens (tertiary/aromatic N) is 2. The quantitative estimate of drug-likeness (QED) is 0.464. The van der Waals surface area contributed by atoms with Crippen molar-refractivity contribution in [2.75, 3.05) is 25.7 Å². The number of hydrogen-bond donors (Lipinski definition) is 0. The van der Waals surface area contributed by atoms with E-state index in [2.05, 4.69) is 9.72 Å². The minimum atomic E-state index is -0.662. The van der Waals surface area contributed by atoms with Crippen LogP contribution in [-0.2, 0) is 19.1 Å². The van der Waals surface area contributed by atoms with Gasteiger partial charge in [-0.2, -0.15) is 0 Å². The van der Waals surface area contributed by atoms with Crippen LogP contribution in [0.5, 0.6) is 0 Å². The lowest BCUT2D eigenvalue weighted by molar-refractivity contribution is -0.145. The average molecular weight is 315 g/mol. The molecular formula is C13H15ClN2O5. The van der Waals surface area contributed by atoms with Crippen molar-refractivity contribution in [2.45, 2.75) is 13.3 Å². The topological polar surface area (TPSA) is 85.8 Å². The Bertz CT molecular complexity index is 561. The standard InChI is InChI=1S/C13H15ClN2O5/c1-4-21-10(18)7-9(17)16(2)11-8(13(19)20-3)5-6-15-12(11)14/h5-6H,4,7H2,1-3H3. The van der Waals surface area contributed by atoms with Gasteiger partial charge in [-0.15, -0.1) is 0 Å². The van der Waals surface area contributed by atoms with Crippen LogP contribution in [0.25, 0.3) is 0 Å². The maximum absolute atomic E-state index is 12.0. The largest absolute Gasteiger partial charge is 0.466 e. The van der Waals surface area contributed by atoms with E-state index in [4.69, 9.17) is 16.3 Å². The number of hydrogen-bond acceptors (Lipinski definition) is 6. The fourth-order valence-corrected chi connectivity index (χ4v) is 1.89. The highest BCUT2D eigenvalue weighted by molar-refractivity contribution is 6.33. The number of carbonyl (C=O) groups excluding carboxylic acids is 3. The van der Waals surface area contributed by atoms with Gasteiger partial charge in [0.2, 0.25) is 5.91 Å². The van der Waals surface area contributed by atoms with E-state index in [0.29, 0.717) is 0 Å². The third-order valence-electron chi connectivity index (χ3n) is 2.60. The van der Waals surface area contributed by atoms with E-state index < -0.39 is 24.3 Å². The summed E-state index contributed by atoms with van der Waals surface area (Å²) in [5.74, 6) is -1.90. The molecule has 0 saturated heterocycles. The van der Waals surface area contributed by atoms with Crippen molar-refractivity contribution in [3.8, 4) is 0 Å². The molecular weight excluding hydrogens is 300 g/mol. The molecule has 0 bridgehead atoms. The summed E-state index contributed by atoms with van der Waals surface area (Å²) >= 11 is 5.94. The van der Waals surface area contributed by atoms with Crippen molar-refractivity contribution in [1.29, 1.82) is 0 Å². The number of ether oxygens (including phenoxy) is 2. The lowest BCUT2D eigenvalue weighted by Gasteiger charge is -2.20. The molecule has 0 spiro atoms. The normalized spacial score (nSPS) is 9.90. The van der Waals surface area contributed by atoms with Crippen molar-refractivity contribution in [3.05, 3.63) is 23.0 Å². The van der Waals surface area contributed by atoms with Crippen molar-refractivity contribution in [3.63, 3.8) is 0 Å². The van der Waals surface area contributed by atoms with E-state index in [9.17, 15) is 14.4 Å². The number of aromatic nitrogens is 1. The molecule has 0 aliphatic carbocycles. The second-order valence-corrected chi connectivity index (χ2v) is 4.28. The fraction of sp³-hybridized carbons (Fsp3) is 0.385. The molecule has 114 valence electrons. The summed E-state index contributed by atoms with van der Waals surface area (Å²) in [7, 11) is 2.60. The predicted octanol–water partition coefficient (Wildman–Crippen LogP) is 1.44. The SMILES string of the molecule is CCOC(=O)CC(=O)N(C)c1c(C(=O)OC)ccnc1Cl. The number of carbonyl (C=O) groups is 3. The first-order valence-corrected chi connectivity index (χ1v) is 6.45. The highest BCUT2D eigenvalue weighted by Crippen LogP contribution is 2.28. The third-order valence-corrected chi connectivity index (χ3v) is 2.87. The average Bonchev–Trinajstić information content (AvgIpc) is 2.45. The van der Waals surface area contributed by atoms with Crippen LogP contribution >= 0.6 is 11.6 Å². The molecule has 0 atom stereocenters. The molecule has 1 rings (SSSR count). The number of halogens is 1. The van der Waals surface area contributed by atoms with Gasteiger partial charge in [0.25, 0.3) is 0 Å². The molecule has 1 heterocycles. The minimum absolute atomic E-state index is 0.0439. The Morgan fingerprint density at radius 2 is 2.05 bits per heavy atom. The predicted molar refractivity (Wildman–Crippen MR) is 75.2 cm³/mol. The summed E-state index contributed by atoms with van der Waals surface area (Å²) in [5, 5.41) is -0.0439. The van der Waals surface area contributed by atoms with E-state index in [1.165, 1.54) is 26.4 Å². The van der Waals surface area contributed by atoms with Gasteiger partial charge in [-0.3, -0.25) is 9.59 Å². The van der Waals surface area contributed by atoms with Gasteiger partial charge in [-0.25, -0.2) is 9.78 Å². The van der Waals surface area contributed by atoms with Crippen molar-refractivity contribution in [2.24, 2.45) is 0 Å². The molecule has 0 fully saturated rings. The number of amides is 1. The second kappa shape index (κ2) is 7.58. The van der Waals surface area contributed by atoms with Crippen LogP contribution in [0.1, 0.15) is 23.7 Å². The Morgan fingerprint density at radius 1 is 1.38 bits per heavy atom. The van der Waals surface area contributed by atoms with E-state index in [1.54, 1.807) is 6.92 Å². The lowest BCUT2D eigenvalue weighted by Crippen LogP contribution is -2.31. The van der Waals surface area contributed by atoms with Crippen molar-refractivity contribution in [1.82, 2.24) is 4.98 Å². The smallest absolute Gasteiger partial charge is 0.340 e. The molecule has 0 aromatic carbocycles. The number of esters is 2. The van der Waals surface area contributed by atoms with Gasteiger partial charge in [0.05, 0.1) is 25.0 Å². The maximum atomic E-state index is 12.0. The molecule has 0 unspecified atom stereocenters. The van der Waals surface area contributed by atoms with Crippen molar-refractivity contribution >= 4 is 35.1 Å². The number of pyridine rings is 1. The first-order chi connectivity index (χ1) is 9.92. The van der Waals surface area contributed by atoms with Crippen LogP contribution in [0.15, 0.2) is 12.3 Å². The molecule has 7 nitrogen and oxygen atoms in total. The van der Waals surface area contributed by atoms with Gasteiger partial charge < -0.3 is 14.4 Å². The summed E-state index contributed by atoms with van der Waals surface area (Å²) in [5.41, 5.74) is 0.164. The maximum Gasteiger partial charge on any atom is 0.340 e. The summed E-state index contributed by atoms with van der Waals surface area (Å²) in [4.78, 5) is 40.0.